The molecule has 0 radical (unpaired) electrons. The highest BCUT2D eigenvalue weighted by Gasteiger charge is 2.29. The van der Waals surface area contributed by atoms with Gasteiger partial charge in [-0.05, 0) is 68.4 Å². The van der Waals surface area contributed by atoms with Crippen LogP contribution in [0.5, 0.6) is 17.2 Å². The third kappa shape index (κ3) is 4.17. The van der Waals surface area contributed by atoms with Gasteiger partial charge in [0.05, 0.1) is 12.0 Å². The maximum absolute atomic E-state index is 12.8. The lowest BCUT2D eigenvalue weighted by Gasteiger charge is -2.31. The van der Waals surface area contributed by atoms with E-state index in [-0.39, 0.29) is 10.9 Å². The summed E-state index contributed by atoms with van der Waals surface area (Å²) in [6.45, 7) is 1.06. The third-order valence-corrected chi connectivity index (χ3v) is 6.43. The summed E-state index contributed by atoms with van der Waals surface area (Å²) < 4.78 is 38.1. The molecule has 6 nitrogen and oxygen atoms in total. The van der Waals surface area contributed by atoms with E-state index in [1.54, 1.807) is 47.8 Å². The largest absolute Gasteiger partial charge is 0.497 e. The lowest BCUT2D eigenvalue weighted by molar-refractivity contribution is 0.293. The number of likely N-dealkylation sites (N-methyl/N-ethyl adjacent to an activating group) is 1. The highest BCUT2D eigenvalue weighted by molar-refractivity contribution is 7.89. The Morgan fingerprint density at radius 1 is 1.00 bits per heavy atom. The van der Waals surface area contributed by atoms with E-state index in [0.717, 1.165) is 18.6 Å². The first-order valence-corrected chi connectivity index (χ1v) is 10.1. The van der Waals surface area contributed by atoms with Crippen LogP contribution in [-0.4, -0.2) is 46.0 Å². The topological polar surface area (TPSA) is 67.9 Å². The summed E-state index contributed by atoms with van der Waals surface area (Å²) in [7, 11) is -0.00798. The zero-order valence-electron chi connectivity index (χ0n) is 15.0. The zero-order valence-corrected chi connectivity index (χ0v) is 15.8. The van der Waals surface area contributed by atoms with Crippen molar-refractivity contribution < 1.29 is 17.9 Å². The Balaban J connectivity index is 1.71. The van der Waals surface area contributed by atoms with Crippen molar-refractivity contribution in [2.24, 2.45) is 0 Å². The van der Waals surface area contributed by atoms with Crippen LogP contribution in [0, 0.1) is 0 Å². The van der Waals surface area contributed by atoms with Crippen LogP contribution in [0.2, 0.25) is 0 Å². The van der Waals surface area contributed by atoms with E-state index in [1.807, 2.05) is 19.2 Å². The van der Waals surface area contributed by atoms with Gasteiger partial charge in [-0.25, -0.2) is 8.42 Å². The van der Waals surface area contributed by atoms with Crippen LogP contribution < -0.4 is 14.8 Å². The van der Waals surface area contributed by atoms with Crippen LogP contribution in [0.1, 0.15) is 12.8 Å². The normalized spacial score (nSPS) is 18.5. The summed E-state index contributed by atoms with van der Waals surface area (Å²) in [6, 6.07) is 14.0. The Morgan fingerprint density at radius 2 is 1.58 bits per heavy atom. The highest BCUT2D eigenvalue weighted by Crippen LogP contribution is 2.26. The van der Waals surface area contributed by atoms with Crippen LogP contribution in [-0.2, 0) is 10.0 Å². The van der Waals surface area contributed by atoms with Crippen molar-refractivity contribution in [1.29, 1.82) is 0 Å². The average Bonchev–Trinajstić information content (AvgIpc) is 2.69. The first kappa shape index (κ1) is 18.7. The van der Waals surface area contributed by atoms with Crippen LogP contribution in [0.3, 0.4) is 0 Å². The molecule has 2 aromatic rings. The van der Waals surface area contributed by atoms with E-state index < -0.39 is 10.0 Å². The Hall–Kier alpha value is -2.09. The second-order valence-electron chi connectivity index (χ2n) is 6.24. The van der Waals surface area contributed by atoms with Crippen LogP contribution in [0.25, 0.3) is 0 Å². The molecule has 2 aromatic carbocycles. The molecule has 1 heterocycles. The standard InChI is InChI=1S/C19H24N2O4S/c1-20-15-4-3-13-21(14-15)26(22,23)19-11-9-18(10-12-19)25-17-7-5-16(24-2)6-8-17/h5-12,15,20H,3-4,13-14H2,1-2H3. The molecule has 1 atom stereocenters. The van der Waals surface area contributed by atoms with Gasteiger partial charge >= 0.3 is 0 Å². The molecule has 0 saturated carbocycles. The minimum absolute atomic E-state index is 0.205. The molecule has 7 heteroatoms. The van der Waals surface area contributed by atoms with E-state index in [4.69, 9.17) is 9.47 Å². The van der Waals surface area contributed by atoms with E-state index in [1.165, 1.54) is 0 Å². The smallest absolute Gasteiger partial charge is 0.243 e. The van der Waals surface area contributed by atoms with Crippen molar-refractivity contribution in [2.75, 3.05) is 27.2 Å². The maximum Gasteiger partial charge on any atom is 0.243 e. The second-order valence-corrected chi connectivity index (χ2v) is 8.18. The van der Waals surface area contributed by atoms with E-state index in [9.17, 15) is 8.42 Å². The number of piperidine rings is 1. The molecule has 140 valence electrons. The van der Waals surface area contributed by atoms with Gasteiger partial charge in [-0.1, -0.05) is 0 Å². The van der Waals surface area contributed by atoms with Gasteiger partial charge in [0.15, 0.2) is 0 Å². The summed E-state index contributed by atoms with van der Waals surface area (Å²) in [5, 5.41) is 3.17. The minimum atomic E-state index is -3.48. The quantitative estimate of drug-likeness (QED) is 0.840. The Kier molecular flexibility index (Phi) is 5.80. The van der Waals surface area contributed by atoms with Gasteiger partial charge in [0.1, 0.15) is 17.2 Å². The fourth-order valence-electron chi connectivity index (χ4n) is 3.00. The number of benzene rings is 2. The molecular formula is C19H24N2O4S. The van der Waals surface area contributed by atoms with Crippen molar-refractivity contribution in [1.82, 2.24) is 9.62 Å². The molecular weight excluding hydrogens is 352 g/mol. The average molecular weight is 376 g/mol. The van der Waals surface area contributed by atoms with Gasteiger partial charge in [0, 0.05) is 19.1 Å². The van der Waals surface area contributed by atoms with Crippen molar-refractivity contribution in [3.63, 3.8) is 0 Å². The zero-order chi connectivity index (χ0) is 18.6. The molecule has 26 heavy (non-hydrogen) atoms. The van der Waals surface area contributed by atoms with E-state index >= 15 is 0 Å². The van der Waals surface area contributed by atoms with E-state index in [2.05, 4.69) is 5.32 Å². The minimum Gasteiger partial charge on any atom is -0.497 e. The molecule has 1 unspecified atom stereocenters. The fourth-order valence-corrected chi connectivity index (χ4v) is 4.53. The third-order valence-electron chi connectivity index (χ3n) is 4.55. The van der Waals surface area contributed by atoms with Crippen molar-refractivity contribution in [2.45, 2.75) is 23.8 Å². The molecule has 1 fully saturated rings. The van der Waals surface area contributed by atoms with Gasteiger partial charge in [0.25, 0.3) is 0 Å². The van der Waals surface area contributed by atoms with Crippen molar-refractivity contribution in [3.05, 3.63) is 48.5 Å². The monoisotopic (exact) mass is 376 g/mol. The maximum atomic E-state index is 12.8. The number of hydrogen-bond donors (Lipinski definition) is 1. The molecule has 1 saturated heterocycles. The molecule has 0 amide bonds. The number of sulfonamides is 1. The summed E-state index contributed by atoms with van der Waals surface area (Å²) in [6.07, 6.45) is 1.86. The van der Waals surface area contributed by atoms with Gasteiger partial charge < -0.3 is 14.8 Å². The second kappa shape index (κ2) is 8.07. The van der Waals surface area contributed by atoms with Crippen LogP contribution in [0.4, 0.5) is 0 Å². The number of rotatable bonds is 6. The molecule has 3 rings (SSSR count). The fraction of sp³-hybridized carbons (Fsp3) is 0.368. The number of ether oxygens (including phenoxy) is 2. The number of nitrogens with one attached hydrogen (secondary N) is 1. The highest BCUT2D eigenvalue weighted by atomic mass is 32.2. The van der Waals surface area contributed by atoms with Gasteiger partial charge in [-0.2, -0.15) is 4.31 Å². The molecule has 1 aliphatic heterocycles. The first-order valence-electron chi connectivity index (χ1n) is 8.62. The Morgan fingerprint density at radius 3 is 2.15 bits per heavy atom. The number of nitrogens with zero attached hydrogens (tertiary/aromatic N) is 1. The first-order chi connectivity index (χ1) is 12.5. The van der Waals surface area contributed by atoms with Gasteiger partial charge in [-0.15, -0.1) is 0 Å². The van der Waals surface area contributed by atoms with Crippen molar-refractivity contribution in [3.8, 4) is 17.2 Å². The molecule has 1 N–H and O–H groups in total. The Labute approximate surface area is 154 Å². The summed E-state index contributed by atoms with van der Waals surface area (Å²) in [5.41, 5.74) is 0. The Bertz CT molecular complexity index is 820. The van der Waals surface area contributed by atoms with Gasteiger partial charge in [0.2, 0.25) is 10.0 Å². The lowest BCUT2D eigenvalue weighted by Crippen LogP contribution is -2.46. The predicted octanol–water partition coefficient (Wildman–Crippen LogP) is 2.86. The lowest BCUT2D eigenvalue weighted by atomic mass is 10.1. The molecule has 1 aliphatic rings. The predicted molar refractivity (Wildman–Crippen MR) is 100 cm³/mol. The SMILES string of the molecule is CNC1CCCN(S(=O)(=O)c2ccc(Oc3ccc(OC)cc3)cc2)C1. The molecule has 0 aliphatic carbocycles. The molecule has 0 bridgehead atoms. The molecule has 0 spiro atoms. The number of hydrogen-bond acceptors (Lipinski definition) is 5. The summed E-state index contributed by atoms with van der Waals surface area (Å²) in [5.74, 6) is 2.00. The van der Waals surface area contributed by atoms with Crippen molar-refractivity contribution >= 4 is 10.0 Å². The van der Waals surface area contributed by atoms with Gasteiger partial charge in [-0.3, -0.25) is 0 Å². The number of methoxy groups -OCH3 is 1. The van der Waals surface area contributed by atoms with E-state index in [0.29, 0.717) is 24.6 Å². The van der Waals surface area contributed by atoms with Crippen LogP contribution in [0.15, 0.2) is 53.4 Å². The van der Waals surface area contributed by atoms with Crippen LogP contribution >= 0.6 is 0 Å². The summed E-state index contributed by atoms with van der Waals surface area (Å²) in [4.78, 5) is 0.288. The summed E-state index contributed by atoms with van der Waals surface area (Å²) >= 11 is 0. The molecule has 0 aromatic heterocycles.